The summed E-state index contributed by atoms with van der Waals surface area (Å²) in [5.41, 5.74) is 0. The molecule has 0 aliphatic heterocycles. The predicted octanol–water partition coefficient (Wildman–Crippen LogP) is 1.46. The van der Waals surface area contributed by atoms with Crippen molar-refractivity contribution in [3.05, 3.63) is 53.5 Å². The van der Waals surface area contributed by atoms with E-state index in [2.05, 4.69) is 0 Å². The van der Waals surface area contributed by atoms with Crippen LogP contribution in [0.25, 0.3) is 0 Å². The molecule has 0 amide bonds. The fourth-order valence-corrected chi connectivity index (χ4v) is 2.73. The summed E-state index contributed by atoms with van der Waals surface area (Å²) in [5, 5.41) is 8.76. The molecule has 1 aromatic rings. The van der Waals surface area contributed by atoms with E-state index in [0.717, 1.165) is 6.08 Å². The predicted molar refractivity (Wildman–Crippen MR) is 74.6 cm³/mol. The lowest BCUT2D eigenvalue weighted by molar-refractivity contribution is -0.137. The molecule has 1 N–H and O–H groups in total. The summed E-state index contributed by atoms with van der Waals surface area (Å²) in [4.78, 5) is 11.3. The summed E-state index contributed by atoms with van der Waals surface area (Å²) >= 11 is 0. The Balaban J connectivity index is 3.24. The zero-order valence-electron chi connectivity index (χ0n) is 11.0. The Kier molecular flexibility index (Phi) is 6.14. The van der Waals surface area contributed by atoms with Gasteiger partial charge in [0.2, 0.25) is 9.84 Å². The van der Waals surface area contributed by atoms with Crippen molar-refractivity contribution in [2.75, 3.05) is 13.2 Å². The molecule has 108 valence electrons. The van der Waals surface area contributed by atoms with Crippen LogP contribution in [0.1, 0.15) is 6.92 Å². The van der Waals surface area contributed by atoms with Crippen molar-refractivity contribution in [3.8, 4) is 0 Å². The van der Waals surface area contributed by atoms with E-state index in [9.17, 15) is 13.2 Å². The molecular formula is C14H16O5S. The Morgan fingerprint density at radius 2 is 1.95 bits per heavy atom. The van der Waals surface area contributed by atoms with E-state index in [1.807, 2.05) is 0 Å². The second kappa shape index (κ2) is 7.62. The van der Waals surface area contributed by atoms with Crippen molar-refractivity contribution < 1.29 is 23.1 Å². The molecule has 0 unspecified atom stereocenters. The molecule has 0 heterocycles. The third kappa shape index (κ3) is 4.32. The van der Waals surface area contributed by atoms with Gasteiger partial charge in [0.15, 0.2) is 0 Å². The Labute approximate surface area is 118 Å². The molecule has 0 atom stereocenters. The second-order valence-electron chi connectivity index (χ2n) is 3.70. The maximum Gasteiger partial charge on any atom is 0.332 e. The lowest BCUT2D eigenvalue weighted by Crippen LogP contribution is -2.08. The van der Waals surface area contributed by atoms with E-state index in [0.29, 0.717) is 0 Å². The van der Waals surface area contributed by atoms with Gasteiger partial charge in [-0.1, -0.05) is 24.3 Å². The molecule has 6 heteroatoms. The molecule has 0 aliphatic carbocycles. The average molecular weight is 296 g/mol. The van der Waals surface area contributed by atoms with Crippen LogP contribution in [0.5, 0.6) is 0 Å². The molecule has 0 bridgehead atoms. The monoisotopic (exact) mass is 296 g/mol. The summed E-state index contributed by atoms with van der Waals surface area (Å²) in [6.45, 7) is 1.45. The van der Waals surface area contributed by atoms with Crippen molar-refractivity contribution >= 4 is 15.8 Å². The highest BCUT2D eigenvalue weighted by molar-refractivity contribution is 7.95. The molecular weight excluding hydrogens is 280 g/mol. The number of rotatable bonds is 6. The number of aliphatic hydroxyl groups excluding tert-OH is 1. The number of benzene rings is 1. The maximum atomic E-state index is 12.4. The van der Waals surface area contributed by atoms with Crippen LogP contribution < -0.4 is 0 Å². The number of allylic oxidation sites excluding steroid dienone is 1. The number of hydrogen-bond donors (Lipinski definition) is 1. The minimum atomic E-state index is -3.82. The lowest BCUT2D eigenvalue weighted by atomic mass is 10.4. The van der Waals surface area contributed by atoms with Gasteiger partial charge in [-0.15, -0.1) is 0 Å². The zero-order valence-corrected chi connectivity index (χ0v) is 11.8. The summed E-state index contributed by atoms with van der Waals surface area (Å²) in [7, 11) is -3.82. The minimum absolute atomic E-state index is 0.0677. The number of hydrogen-bond acceptors (Lipinski definition) is 5. The van der Waals surface area contributed by atoms with Crippen LogP contribution >= 0.6 is 0 Å². The Morgan fingerprint density at radius 3 is 2.50 bits per heavy atom. The van der Waals surface area contributed by atoms with Crippen LogP contribution in [-0.2, 0) is 19.4 Å². The average Bonchev–Trinajstić information content (AvgIpc) is 2.44. The SMILES string of the molecule is CCOC(=O)/C=C(\C=C\CO)S(=O)(=O)c1ccccc1. The van der Waals surface area contributed by atoms with E-state index in [1.54, 1.807) is 25.1 Å². The third-order valence-electron chi connectivity index (χ3n) is 2.30. The molecule has 1 rings (SSSR count). The molecule has 5 nitrogen and oxygen atoms in total. The van der Waals surface area contributed by atoms with Crippen molar-refractivity contribution in [2.24, 2.45) is 0 Å². The van der Waals surface area contributed by atoms with Crippen molar-refractivity contribution in [3.63, 3.8) is 0 Å². The molecule has 0 saturated heterocycles. The maximum absolute atomic E-state index is 12.4. The molecule has 0 aliphatic rings. The van der Waals surface area contributed by atoms with Gasteiger partial charge in [-0.25, -0.2) is 13.2 Å². The Morgan fingerprint density at radius 1 is 1.30 bits per heavy atom. The highest BCUT2D eigenvalue weighted by Gasteiger charge is 2.19. The van der Waals surface area contributed by atoms with E-state index in [4.69, 9.17) is 9.84 Å². The van der Waals surface area contributed by atoms with E-state index >= 15 is 0 Å². The van der Waals surface area contributed by atoms with Crippen molar-refractivity contribution in [1.29, 1.82) is 0 Å². The largest absolute Gasteiger partial charge is 0.463 e. The van der Waals surface area contributed by atoms with E-state index in [1.165, 1.54) is 24.3 Å². The first-order chi connectivity index (χ1) is 9.52. The third-order valence-corrected chi connectivity index (χ3v) is 4.07. The first-order valence-electron chi connectivity index (χ1n) is 5.98. The zero-order chi connectivity index (χ0) is 15.0. The normalized spacial score (nSPS) is 12.6. The first kappa shape index (κ1) is 16.1. The van der Waals surface area contributed by atoms with Gasteiger partial charge in [-0.2, -0.15) is 0 Å². The van der Waals surface area contributed by atoms with Gasteiger partial charge in [0.1, 0.15) is 0 Å². The topological polar surface area (TPSA) is 80.7 Å². The van der Waals surface area contributed by atoms with Gasteiger partial charge in [-0.3, -0.25) is 0 Å². The van der Waals surface area contributed by atoms with E-state index in [-0.39, 0.29) is 23.0 Å². The molecule has 0 radical (unpaired) electrons. The van der Waals surface area contributed by atoms with Crippen LogP contribution in [0.15, 0.2) is 58.4 Å². The highest BCUT2D eigenvalue weighted by atomic mass is 32.2. The quantitative estimate of drug-likeness (QED) is 0.488. The first-order valence-corrected chi connectivity index (χ1v) is 7.46. The van der Waals surface area contributed by atoms with Gasteiger partial charge >= 0.3 is 5.97 Å². The number of carbonyl (C=O) groups is 1. The smallest absolute Gasteiger partial charge is 0.332 e. The fraction of sp³-hybridized carbons (Fsp3) is 0.214. The summed E-state index contributed by atoms with van der Waals surface area (Å²) in [6, 6.07) is 7.73. The van der Waals surface area contributed by atoms with Gasteiger partial charge in [0, 0.05) is 6.08 Å². The van der Waals surface area contributed by atoms with Gasteiger partial charge < -0.3 is 9.84 Å². The highest BCUT2D eigenvalue weighted by Crippen LogP contribution is 2.20. The van der Waals surface area contributed by atoms with Crippen LogP contribution in [0, 0.1) is 0 Å². The van der Waals surface area contributed by atoms with Gasteiger partial charge in [0.05, 0.1) is 23.0 Å². The molecule has 0 saturated carbocycles. The number of esters is 1. The number of aliphatic hydroxyl groups is 1. The molecule has 0 aromatic heterocycles. The van der Waals surface area contributed by atoms with Crippen LogP contribution in [0.4, 0.5) is 0 Å². The Bertz CT molecular complexity index is 600. The van der Waals surface area contributed by atoms with Gasteiger partial charge in [0.25, 0.3) is 0 Å². The number of carbonyl (C=O) groups excluding carboxylic acids is 1. The molecule has 0 spiro atoms. The van der Waals surface area contributed by atoms with E-state index < -0.39 is 15.8 Å². The second-order valence-corrected chi connectivity index (χ2v) is 5.65. The fourth-order valence-electron chi connectivity index (χ4n) is 1.42. The number of ether oxygens (including phenoxy) is 1. The van der Waals surface area contributed by atoms with Gasteiger partial charge in [-0.05, 0) is 25.1 Å². The summed E-state index contributed by atoms with van der Waals surface area (Å²) in [6.07, 6.45) is 3.32. The van der Waals surface area contributed by atoms with Crippen molar-refractivity contribution in [2.45, 2.75) is 11.8 Å². The molecule has 20 heavy (non-hydrogen) atoms. The minimum Gasteiger partial charge on any atom is -0.463 e. The molecule has 0 fully saturated rings. The summed E-state index contributed by atoms with van der Waals surface area (Å²) in [5.74, 6) is -0.746. The van der Waals surface area contributed by atoms with Crippen molar-refractivity contribution in [1.82, 2.24) is 0 Å². The molecule has 1 aromatic carbocycles. The lowest BCUT2D eigenvalue weighted by Gasteiger charge is -2.05. The Hall–Kier alpha value is -1.92. The van der Waals surface area contributed by atoms with Crippen LogP contribution in [0.2, 0.25) is 0 Å². The number of sulfone groups is 1. The van der Waals surface area contributed by atoms with Crippen LogP contribution in [-0.4, -0.2) is 32.7 Å². The standard InChI is InChI=1S/C14H16O5S/c1-2-19-14(16)11-13(9-6-10-15)20(17,18)12-7-4-3-5-8-12/h3-9,11,15H,2,10H2,1H3/b9-6+,13-11+. The summed E-state index contributed by atoms with van der Waals surface area (Å²) < 4.78 is 29.4. The van der Waals surface area contributed by atoms with Crippen LogP contribution in [0.3, 0.4) is 0 Å².